The lowest BCUT2D eigenvalue weighted by atomic mass is 9.78. The van der Waals surface area contributed by atoms with Crippen LogP contribution >= 0.6 is 0 Å². The van der Waals surface area contributed by atoms with Crippen molar-refractivity contribution in [2.75, 3.05) is 37.7 Å². The fourth-order valence-corrected chi connectivity index (χ4v) is 8.59. The standard InChI is InChI=1S/C34H38FN5O2/c35-28-29(26-19-24(41)18-23-8-1-2-9-25(23)26)36-20-27-30(28)37-32(42-22-34-13-6-16-40(34)17-7-14-34)38-31(27)39-15-5-12-33(21-39)10-3-4-11-33/h1-2,8-9,18-20,41H,3-7,10-17,21-22H2. The zero-order valence-corrected chi connectivity index (χ0v) is 24.1. The summed E-state index contributed by atoms with van der Waals surface area (Å²) >= 11 is 0. The molecular weight excluding hydrogens is 529 g/mol. The minimum absolute atomic E-state index is 0.0416. The summed E-state index contributed by atoms with van der Waals surface area (Å²) in [6, 6.07) is 11.2. The molecule has 1 spiro atoms. The molecule has 0 bridgehead atoms. The predicted octanol–water partition coefficient (Wildman–Crippen LogP) is 6.86. The first-order valence-electron chi connectivity index (χ1n) is 15.7. The lowest BCUT2D eigenvalue weighted by Gasteiger charge is -2.41. The minimum atomic E-state index is -0.508. The van der Waals surface area contributed by atoms with Crippen LogP contribution in [0, 0.1) is 11.2 Å². The maximum Gasteiger partial charge on any atom is 0.319 e. The van der Waals surface area contributed by atoms with Gasteiger partial charge in [0.1, 0.15) is 29.4 Å². The number of nitrogens with zero attached hydrogens (tertiary/aromatic N) is 5. The first-order valence-corrected chi connectivity index (χ1v) is 15.7. The van der Waals surface area contributed by atoms with Gasteiger partial charge in [-0.2, -0.15) is 9.97 Å². The minimum Gasteiger partial charge on any atom is -0.508 e. The molecule has 218 valence electrons. The highest BCUT2D eigenvalue weighted by molar-refractivity contribution is 5.99. The Morgan fingerprint density at radius 3 is 2.48 bits per heavy atom. The molecule has 8 heteroatoms. The number of ether oxygens (including phenoxy) is 1. The number of phenolic OH excluding ortho intramolecular Hbond substituents is 1. The molecule has 1 N–H and O–H groups in total. The van der Waals surface area contributed by atoms with Crippen LogP contribution in [0.3, 0.4) is 0 Å². The van der Waals surface area contributed by atoms with E-state index in [1.807, 2.05) is 24.3 Å². The van der Waals surface area contributed by atoms with E-state index < -0.39 is 5.82 Å². The number of fused-ring (bicyclic) bond motifs is 3. The van der Waals surface area contributed by atoms with Crippen molar-refractivity contribution in [3.63, 3.8) is 0 Å². The number of anilines is 1. The van der Waals surface area contributed by atoms with E-state index in [1.54, 1.807) is 18.3 Å². The molecule has 3 saturated heterocycles. The van der Waals surface area contributed by atoms with Crippen molar-refractivity contribution in [1.29, 1.82) is 0 Å². The number of pyridine rings is 1. The third-order valence-electron chi connectivity index (χ3n) is 10.7. The van der Waals surface area contributed by atoms with Crippen LogP contribution in [0.5, 0.6) is 11.8 Å². The molecule has 0 atom stereocenters. The first kappa shape index (κ1) is 26.1. The highest BCUT2D eigenvalue weighted by Gasteiger charge is 2.45. The number of halogens is 1. The maximum absolute atomic E-state index is 16.7. The maximum atomic E-state index is 16.7. The number of rotatable bonds is 5. The van der Waals surface area contributed by atoms with Gasteiger partial charge in [0.15, 0.2) is 5.82 Å². The average Bonchev–Trinajstić information content (AvgIpc) is 3.72. The summed E-state index contributed by atoms with van der Waals surface area (Å²) in [6.07, 6.45) is 13.7. The summed E-state index contributed by atoms with van der Waals surface area (Å²) in [7, 11) is 0. The smallest absolute Gasteiger partial charge is 0.319 e. The van der Waals surface area contributed by atoms with Crippen molar-refractivity contribution >= 4 is 27.5 Å². The summed E-state index contributed by atoms with van der Waals surface area (Å²) in [6.45, 7) is 4.57. The molecule has 8 rings (SSSR count). The van der Waals surface area contributed by atoms with Crippen molar-refractivity contribution < 1.29 is 14.2 Å². The van der Waals surface area contributed by atoms with E-state index in [9.17, 15) is 5.11 Å². The molecule has 0 unspecified atom stereocenters. The predicted molar refractivity (Wildman–Crippen MR) is 163 cm³/mol. The lowest BCUT2D eigenvalue weighted by molar-refractivity contribution is 0.107. The molecule has 42 heavy (non-hydrogen) atoms. The third-order valence-corrected chi connectivity index (χ3v) is 10.7. The molecule has 4 aliphatic rings. The molecule has 4 aromatic rings. The zero-order valence-electron chi connectivity index (χ0n) is 24.1. The Bertz CT molecular complexity index is 1660. The highest BCUT2D eigenvalue weighted by atomic mass is 19.1. The fraction of sp³-hybridized carbons (Fsp3) is 0.500. The normalized spacial score (nSPS) is 21.5. The molecule has 3 aliphatic heterocycles. The molecule has 5 heterocycles. The largest absolute Gasteiger partial charge is 0.508 e. The van der Waals surface area contributed by atoms with Gasteiger partial charge in [0.25, 0.3) is 0 Å². The van der Waals surface area contributed by atoms with E-state index in [1.165, 1.54) is 44.9 Å². The van der Waals surface area contributed by atoms with Crippen molar-refractivity contribution in [1.82, 2.24) is 19.9 Å². The van der Waals surface area contributed by atoms with Gasteiger partial charge >= 0.3 is 6.01 Å². The third kappa shape index (κ3) is 4.29. The van der Waals surface area contributed by atoms with Gasteiger partial charge < -0.3 is 14.7 Å². The van der Waals surface area contributed by atoms with Gasteiger partial charge in [-0.3, -0.25) is 9.88 Å². The van der Waals surface area contributed by atoms with Gasteiger partial charge in [0, 0.05) is 24.8 Å². The van der Waals surface area contributed by atoms with E-state index in [0.29, 0.717) is 23.0 Å². The molecule has 0 amide bonds. The van der Waals surface area contributed by atoms with E-state index in [-0.39, 0.29) is 28.5 Å². The van der Waals surface area contributed by atoms with Crippen molar-refractivity contribution in [2.45, 2.75) is 69.7 Å². The number of piperidine rings is 1. The molecule has 1 saturated carbocycles. The molecular formula is C34H38FN5O2. The Hall–Kier alpha value is -3.52. The second-order valence-corrected chi connectivity index (χ2v) is 13.2. The van der Waals surface area contributed by atoms with Crippen LogP contribution < -0.4 is 9.64 Å². The Labute approximate surface area is 245 Å². The summed E-state index contributed by atoms with van der Waals surface area (Å²) < 4.78 is 23.1. The van der Waals surface area contributed by atoms with Crippen LogP contribution in [0.25, 0.3) is 32.9 Å². The highest BCUT2D eigenvalue weighted by Crippen LogP contribution is 2.47. The van der Waals surface area contributed by atoms with E-state index in [2.05, 4.69) is 14.8 Å². The summed E-state index contributed by atoms with van der Waals surface area (Å²) in [4.78, 5) is 19.3. The van der Waals surface area contributed by atoms with Gasteiger partial charge in [0.2, 0.25) is 0 Å². The van der Waals surface area contributed by atoms with Gasteiger partial charge in [-0.25, -0.2) is 4.39 Å². The zero-order chi connectivity index (χ0) is 28.3. The van der Waals surface area contributed by atoms with Gasteiger partial charge in [-0.05, 0) is 92.8 Å². The monoisotopic (exact) mass is 567 g/mol. The Balaban J connectivity index is 1.25. The van der Waals surface area contributed by atoms with Crippen molar-refractivity contribution in [3.05, 3.63) is 48.4 Å². The molecule has 4 fully saturated rings. The number of aromatic hydroxyl groups is 1. The molecule has 2 aromatic heterocycles. The van der Waals surface area contributed by atoms with E-state index in [0.717, 1.165) is 62.0 Å². The van der Waals surface area contributed by atoms with Crippen LogP contribution in [0.2, 0.25) is 0 Å². The Morgan fingerprint density at radius 2 is 1.64 bits per heavy atom. The number of benzene rings is 2. The molecule has 1 aliphatic carbocycles. The lowest BCUT2D eigenvalue weighted by Crippen LogP contribution is -2.44. The second-order valence-electron chi connectivity index (χ2n) is 13.2. The summed E-state index contributed by atoms with van der Waals surface area (Å²) in [5.74, 6) is 0.294. The van der Waals surface area contributed by atoms with E-state index >= 15 is 4.39 Å². The number of aromatic nitrogens is 3. The molecule has 7 nitrogen and oxygen atoms in total. The summed E-state index contributed by atoms with van der Waals surface area (Å²) in [5.41, 5.74) is 1.30. The first-order chi connectivity index (χ1) is 20.5. The van der Waals surface area contributed by atoms with Gasteiger partial charge in [0.05, 0.1) is 10.9 Å². The van der Waals surface area contributed by atoms with Gasteiger partial charge in [-0.15, -0.1) is 0 Å². The molecule has 2 aromatic carbocycles. The second kappa shape index (κ2) is 10.0. The van der Waals surface area contributed by atoms with Crippen LogP contribution in [0.4, 0.5) is 10.2 Å². The average molecular weight is 568 g/mol. The van der Waals surface area contributed by atoms with Crippen molar-refractivity contribution in [2.24, 2.45) is 5.41 Å². The number of hydrogen-bond acceptors (Lipinski definition) is 7. The Kier molecular flexibility index (Phi) is 6.25. The summed E-state index contributed by atoms with van der Waals surface area (Å²) in [5, 5.41) is 12.7. The quantitative estimate of drug-likeness (QED) is 0.282. The van der Waals surface area contributed by atoms with Crippen molar-refractivity contribution in [3.8, 4) is 23.0 Å². The number of phenols is 1. The van der Waals surface area contributed by atoms with Crippen LogP contribution in [-0.4, -0.2) is 63.3 Å². The fourth-order valence-electron chi connectivity index (χ4n) is 8.59. The van der Waals surface area contributed by atoms with Gasteiger partial charge in [-0.1, -0.05) is 37.1 Å². The van der Waals surface area contributed by atoms with E-state index in [4.69, 9.17) is 14.7 Å². The topological polar surface area (TPSA) is 74.6 Å². The number of hydrogen-bond donors (Lipinski definition) is 1. The Morgan fingerprint density at radius 1 is 0.881 bits per heavy atom. The van der Waals surface area contributed by atoms with Crippen LogP contribution in [-0.2, 0) is 0 Å². The van der Waals surface area contributed by atoms with Crippen LogP contribution in [0.1, 0.15) is 64.2 Å². The SMILES string of the molecule is Oc1cc(-c2ncc3c(N4CCCC5(CCCC5)C4)nc(OCC45CCCN4CCC5)nc3c2F)c2ccccc2c1. The van der Waals surface area contributed by atoms with Crippen LogP contribution in [0.15, 0.2) is 42.6 Å². The molecule has 0 radical (unpaired) electrons.